The van der Waals surface area contributed by atoms with E-state index in [1.165, 1.54) is 37.0 Å². The van der Waals surface area contributed by atoms with Crippen LogP contribution in [0.15, 0.2) is 17.5 Å². The van der Waals surface area contributed by atoms with Crippen molar-refractivity contribution in [1.82, 2.24) is 5.32 Å². The molecule has 1 atom stereocenters. The summed E-state index contributed by atoms with van der Waals surface area (Å²) in [5, 5.41) is 15.2. The first-order valence-corrected chi connectivity index (χ1v) is 8.21. The van der Waals surface area contributed by atoms with Crippen molar-refractivity contribution in [2.75, 3.05) is 19.7 Å². The van der Waals surface area contributed by atoms with Crippen molar-refractivity contribution in [1.29, 1.82) is 0 Å². The van der Waals surface area contributed by atoms with E-state index >= 15 is 0 Å². The maximum atomic E-state index is 9.82. The van der Waals surface area contributed by atoms with E-state index in [0.717, 1.165) is 12.5 Å². The highest BCUT2D eigenvalue weighted by Crippen LogP contribution is 2.22. The monoisotopic (exact) mass is 283 g/mol. The lowest BCUT2D eigenvalue weighted by atomic mass is 9.89. The fourth-order valence-electron chi connectivity index (χ4n) is 2.59. The molecule has 1 aromatic rings. The number of nitrogens with one attached hydrogen (secondary N) is 1. The van der Waals surface area contributed by atoms with E-state index in [1.54, 1.807) is 11.3 Å². The highest BCUT2D eigenvalue weighted by molar-refractivity contribution is 7.09. The molecule has 0 bridgehead atoms. The quantitative estimate of drug-likeness (QED) is 0.771. The Morgan fingerprint density at radius 3 is 2.95 bits per heavy atom. The molecular formula is C15H25NO2S. The van der Waals surface area contributed by atoms with Crippen molar-refractivity contribution in [2.24, 2.45) is 5.92 Å². The van der Waals surface area contributed by atoms with Gasteiger partial charge in [-0.3, -0.25) is 0 Å². The van der Waals surface area contributed by atoms with Crippen LogP contribution in [0.25, 0.3) is 0 Å². The molecule has 1 heterocycles. The number of rotatable bonds is 8. The van der Waals surface area contributed by atoms with E-state index < -0.39 is 6.10 Å². The van der Waals surface area contributed by atoms with Gasteiger partial charge in [-0.2, -0.15) is 0 Å². The van der Waals surface area contributed by atoms with Gasteiger partial charge in [0.15, 0.2) is 0 Å². The molecule has 1 saturated carbocycles. The molecule has 0 amide bonds. The molecule has 0 spiro atoms. The van der Waals surface area contributed by atoms with Crippen LogP contribution < -0.4 is 5.32 Å². The fourth-order valence-corrected chi connectivity index (χ4v) is 3.23. The SMILES string of the molecule is OC(CNCC1CCCCC1)COCc1cccs1. The van der Waals surface area contributed by atoms with Gasteiger partial charge >= 0.3 is 0 Å². The first-order valence-electron chi connectivity index (χ1n) is 7.33. The lowest BCUT2D eigenvalue weighted by Crippen LogP contribution is -2.34. The average Bonchev–Trinajstić information content (AvgIpc) is 2.93. The van der Waals surface area contributed by atoms with Gasteiger partial charge < -0.3 is 15.2 Å². The molecule has 1 aliphatic carbocycles. The van der Waals surface area contributed by atoms with Gasteiger partial charge in [-0.05, 0) is 36.8 Å². The summed E-state index contributed by atoms with van der Waals surface area (Å²) in [5.41, 5.74) is 0. The largest absolute Gasteiger partial charge is 0.389 e. The molecule has 1 aromatic heterocycles. The summed E-state index contributed by atoms with van der Waals surface area (Å²) < 4.78 is 5.50. The third-order valence-corrected chi connectivity index (χ3v) is 4.52. The van der Waals surface area contributed by atoms with E-state index in [0.29, 0.717) is 19.8 Å². The van der Waals surface area contributed by atoms with Gasteiger partial charge in [-0.15, -0.1) is 11.3 Å². The molecule has 2 N–H and O–H groups in total. The molecule has 19 heavy (non-hydrogen) atoms. The minimum Gasteiger partial charge on any atom is -0.389 e. The van der Waals surface area contributed by atoms with Gasteiger partial charge in [0.1, 0.15) is 0 Å². The summed E-state index contributed by atoms with van der Waals surface area (Å²) in [5.74, 6) is 0.813. The van der Waals surface area contributed by atoms with Crippen molar-refractivity contribution >= 4 is 11.3 Å². The van der Waals surface area contributed by atoms with E-state index in [-0.39, 0.29) is 0 Å². The molecule has 0 aromatic carbocycles. The Morgan fingerprint density at radius 2 is 2.21 bits per heavy atom. The van der Waals surface area contributed by atoms with Crippen LogP contribution in [0.3, 0.4) is 0 Å². The van der Waals surface area contributed by atoms with Gasteiger partial charge in [0.2, 0.25) is 0 Å². The van der Waals surface area contributed by atoms with Crippen LogP contribution in [0.5, 0.6) is 0 Å². The van der Waals surface area contributed by atoms with Crippen LogP contribution in [0, 0.1) is 5.92 Å². The van der Waals surface area contributed by atoms with Crippen LogP contribution in [-0.2, 0) is 11.3 Å². The second kappa shape index (κ2) is 8.69. The minimum atomic E-state index is -0.399. The predicted octanol–water partition coefficient (Wildman–Crippen LogP) is 2.80. The van der Waals surface area contributed by atoms with Crippen molar-refractivity contribution < 1.29 is 9.84 Å². The topological polar surface area (TPSA) is 41.5 Å². The highest BCUT2D eigenvalue weighted by Gasteiger charge is 2.13. The van der Waals surface area contributed by atoms with Crippen molar-refractivity contribution in [2.45, 2.75) is 44.8 Å². The molecule has 0 saturated heterocycles. The Kier molecular flexibility index (Phi) is 6.85. The van der Waals surface area contributed by atoms with Gasteiger partial charge in [0, 0.05) is 11.4 Å². The Balaban J connectivity index is 1.48. The fraction of sp³-hybridized carbons (Fsp3) is 0.733. The van der Waals surface area contributed by atoms with Crippen LogP contribution in [0.1, 0.15) is 37.0 Å². The lowest BCUT2D eigenvalue weighted by molar-refractivity contribution is 0.0293. The normalized spacial score (nSPS) is 18.6. The third kappa shape index (κ3) is 6.04. The van der Waals surface area contributed by atoms with E-state index in [1.807, 2.05) is 11.4 Å². The number of hydrogen-bond donors (Lipinski definition) is 2. The molecule has 4 heteroatoms. The number of ether oxygens (including phenoxy) is 1. The zero-order valence-electron chi connectivity index (χ0n) is 11.5. The van der Waals surface area contributed by atoms with E-state index in [4.69, 9.17) is 4.74 Å². The summed E-state index contributed by atoms with van der Waals surface area (Å²) in [7, 11) is 0. The smallest absolute Gasteiger partial charge is 0.0897 e. The maximum absolute atomic E-state index is 9.82. The molecule has 2 rings (SSSR count). The van der Waals surface area contributed by atoms with Crippen molar-refractivity contribution in [3.05, 3.63) is 22.4 Å². The predicted molar refractivity (Wildman–Crippen MR) is 79.4 cm³/mol. The highest BCUT2D eigenvalue weighted by atomic mass is 32.1. The zero-order valence-corrected chi connectivity index (χ0v) is 12.3. The average molecular weight is 283 g/mol. The zero-order chi connectivity index (χ0) is 13.3. The van der Waals surface area contributed by atoms with Crippen molar-refractivity contribution in [3.8, 4) is 0 Å². The lowest BCUT2D eigenvalue weighted by Gasteiger charge is -2.22. The molecule has 1 unspecified atom stereocenters. The van der Waals surface area contributed by atoms with E-state index in [2.05, 4.69) is 11.4 Å². The molecule has 0 aliphatic heterocycles. The Bertz CT molecular complexity index is 323. The second-order valence-electron chi connectivity index (χ2n) is 5.41. The van der Waals surface area contributed by atoms with Crippen LogP contribution in [0.4, 0.5) is 0 Å². The Hall–Kier alpha value is -0.420. The number of aliphatic hydroxyl groups is 1. The summed E-state index contributed by atoms with van der Waals surface area (Å²) in [6, 6.07) is 4.07. The van der Waals surface area contributed by atoms with Crippen LogP contribution in [-0.4, -0.2) is 30.9 Å². The summed E-state index contributed by atoms with van der Waals surface area (Å²) in [6.45, 7) is 2.70. The maximum Gasteiger partial charge on any atom is 0.0897 e. The van der Waals surface area contributed by atoms with Crippen LogP contribution >= 0.6 is 11.3 Å². The third-order valence-electron chi connectivity index (χ3n) is 3.67. The number of aliphatic hydroxyl groups excluding tert-OH is 1. The molecule has 1 fully saturated rings. The van der Waals surface area contributed by atoms with Gasteiger partial charge in [0.25, 0.3) is 0 Å². The summed E-state index contributed by atoms with van der Waals surface area (Å²) in [6.07, 6.45) is 6.44. The second-order valence-corrected chi connectivity index (χ2v) is 6.44. The standard InChI is InChI=1S/C15H25NO2S/c17-14(11-18-12-15-7-4-8-19-15)10-16-9-13-5-2-1-3-6-13/h4,7-8,13-14,16-17H,1-3,5-6,9-12H2. The van der Waals surface area contributed by atoms with E-state index in [9.17, 15) is 5.11 Å². The van der Waals surface area contributed by atoms with Gasteiger partial charge in [-0.1, -0.05) is 25.3 Å². The van der Waals surface area contributed by atoms with Gasteiger partial charge in [0.05, 0.1) is 19.3 Å². The molecule has 1 aliphatic rings. The molecule has 3 nitrogen and oxygen atoms in total. The molecular weight excluding hydrogens is 258 g/mol. The first kappa shape index (κ1) is 15.0. The first-order chi connectivity index (χ1) is 9.34. The number of hydrogen-bond acceptors (Lipinski definition) is 4. The molecule has 108 valence electrons. The Morgan fingerprint density at radius 1 is 1.37 bits per heavy atom. The Labute approximate surface area is 120 Å². The summed E-state index contributed by atoms with van der Waals surface area (Å²) in [4.78, 5) is 1.21. The molecule has 0 radical (unpaired) electrons. The minimum absolute atomic E-state index is 0.399. The number of thiophene rings is 1. The van der Waals surface area contributed by atoms with Crippen molar-refractivity contribution in [3.63, 3.8) is 0 Å². The van der Waals surface area contributed by atoms with Gasteiger partial charge in [-0.25, -0.2) is 0 Å². The van der Waals surface area contributed by atoms with Crippen LogP contribution in [0.2, 0.25) is 0 Å². The summed E-state index contributed by atoms with van der Waals surface area (Å²) >= 11 is 1.69.